The number of piperidine rings is 1. The van der Waals surface area contributed by atoms with Gasteiger partial charge < -0.3 is 18.8 Å². The molecule has 0 radical (unpaired) electrons. The second-order valence-corrected chi connectivity index (χ2v) is 9.58. The van der Waals surface area contributed by atoms with Crippen LogP contribution in [0.5, 0.6) is 5.75 Å². The highest BCUT2D eigenvalue weighted by Gasteiger charge is 2.40. The van der Waals surface area contributed by atoms with Crippen LogP contribution in [-0.2, 0) is 33.9 Å². The number of hydrogen-bond acceptors (Lipinski definition) is 6. The minimum absolute atomic E-state index is 0.209. The molecule has 194 valence electrons. The molecule has 37 heavy (non-hydrogen) atoms. The first-order valence-electron chi connectivity index (χ1n) is 13.0. The van der Waals surface area contributed by atoms with Crippen molar-refractivity contribution in [3.8, 4) is 5.75 Å². The Morgan fingerprint density at radius 2 is 1.97 bits per heavy atom. The van der Waals surface area contributed by atoms with E-state index in [9.17, 15) is 14.4 Å². The monoisotopic (exact) mass is 504 g/mol. The van der Waals surface area contributed by atoms with Crippen LogP contribution in [0.4, 0.5) is 0 Å². The fraction of sp³-hybridized carbons (Fsp3) is 0.429. The Morgan fingerprint density at radius 3 is 2.81 bits per heavy atom. The maximum Gasteiger partial charge on any atom is 0.255 e. The number of nitrogens with zero attached hydrogens (tertiary/aromatic N) is 3. The molecule has 4 heterocycles. The maximum absolute atomic E-state index is 13.0. The van der Waals surface area contributed by atoms with Gasteiger partial charge in [0.1, 0.15) is 24.0 Å². The van der Waals surface area contributed by atoms with Gasteiger partial charge in [-0.25, -0.2) is 4.98 Å². The molecule has 9 heteroatoms. The van der Waals surface area contributed by atoms with Crippen molar-refractivity contribution >= 4 is 23.4 Å². The molecule has 1 atom stereocenters. The summed E-state index contributed by atoms with van der Waals surface area (Å²) in [5.41, 5.74) is 4.24. The van der Waals surface area contributed by atoms with E-state index in [2.05, 4.69) is 18.4 Å². The van der Waals surface area contributed by atoms with E-state index in [0.717, 1.165) is 61.4 Å². The minimum atomic E-state index is -0.646. The van der Waals surface area contributed by atoms with Crippen molar-refractivity contribution in [3.05, 3.63) is 65.1 Å². The van der Waals surface area contributed by atoms with E-state index in [1.807, 2.05) is 28.8 Å². The number of fused-ring (bicyclic) bond motifs is 2. The molecular weight excluding hydrogens is 472 g/mol. The molecular formula is C28H32N4O5. The van der Waals surface area contributed by atoms with Gasteiger partial charge in [-0.1, -0.05) is 19.1 Å². The van der Waals surface area contributed by atoms with Crippen molar-refractivity contribution in [2.24, 2.45) is 0 Å². The number of carbonyl (C=O) groups is 3. The largest absolute Gasteiger partial charge is 0.488 e. The van der Waals surface area contributed by atoms with E-state index in [-0.39, 0.29) is 24.8 Å². The van der Waals surface area contributed by atoms with Crippen LogP contribution in [0.25, 0.3) is 5.65 Å². The Labute approximate surface area is 215 Å². The normalized spacial score (nSPS) is 17.4. The second kappa shape index (κ2) is 11.1. The summed E-state index contributed by atoms with van der Waals surface area (Å²) in [5.74, 6) is -0.303. The molecule has 3 aromatic rings. The summed E-state index contributed by atoms with van der Waals surface area (Å²) >= 11 is 0. The van der Waals surface area contributed by atoms with E-state index in [1.54, 1.807) is 12.1 Å². The van der Waals surface area contributed by atoms with E-state index < -0.39 is 11.9 Å². The van der Waals surface area contributed by atoms with Crippen LogP contribution in [0.2, 0.25) is 0 Å². The van der Waals surface area contributed by atoms with Gasteiger partial charge in [-0.05, 0) is 50.3 Å². The number of benzene rings is 1. The lowest BCUT2D eigenvalue weighted by Crippen LogP contribution is -2.52. The molecule has 1 aromatic carbocycles. The standard InChI is InChI=1S/C28H32N4O5/c1-2-13-36-14-4-3-6-20-16-31-15-19(9-11-25(31)29-20)18-37-24-8-5-7-21-22(24)17-32(28(21)35)23-10-12-26(33)30-27(23)34/h5,7-9,11,15-16,23H,2-4,6,10,12-14,17-18H2,1H3,(H,30,33,34). The molecule has 0 aliphatic carbocycles. The highest BCUT2D eigenvalue weighted by Crippen LogP contribution is 2.34. The fourth-order valence-corrected chi connectivity index (χ4v) is 4.91. The first-order chi connectivity index (χ1) is 18.0. The number of amides is 3. The van der Waals surface area contributed by atoms with Crippen molar-refractivity contribution < 1.29 is 23.9 Å². The number of aromatic nitrogens is 2. The van der Waals surface area contributed by atoms with E-state index in [1.165, 1.54) is 4.90 Å². The molecule has 0 spiro atoms. The first-order valence-corrected chi connectivity index (χ1v) is 13.0. The van der Waals surface area contributed by atoms with Gasteiger partial charge in [0.2, 0.25) is 11.8 Å². The number of pyridine rings is 1. The predicted molar refractivity (Wildman–Crippen MR) is 136 cm³/mol. The van der Waals surface area contributed by atoms with E-state index in [4.69, 9.17) is 14.5 Å². The topological polar surface area (TPSA) is 102 Å². The van der Waals surface area contributed by atoms with Crippen LogP contribution in [0, 0.1) is 0 Å². The Bertz CT molecular complexity index is 1320. The third-order valence-corrected chi connectivity index (χ3v) is 6.82. The van der Waals surface area contributed by atoms with Gasteiger partial charge in [-0.2, -0.15) is 0 Å². The van der Waals surface area contributed by atoms with Gasteiger partial charge in [0, 0.05) is 48.7 Å². The Kier molecular flexibility index (Phi) is 7.50. The Morgan fingerprint density at radius 1 is 1.08 bits per heavy atom. The Balaban J connectivity index is 1.21. The van der Waals surface area contributed by atoms with Crippen LogP contribution in [-0.4, -0.2) is 51.3 Å². The van der Waals surface area contributed by atoms with Crippen molar-refractivity contribution in [2.45, 2.75) is 64.6 Å². The zero-order chi connectivity index (χ0) is 25.8. The number of imide groups is 1. The van der Waals surface area contributed by atoms with Gasteiger partial charge in [-0.15, -0.1) is 0 Å². The van der Waals surface area contributed by atoms with Gasteiger partial charge in [0.25, 0.3) is 5.91 Å². The summed E-state index contributed by atoms with van der Waals surface area (Å²) in [5, 5.41) is 2.34. The molecule has 1 fully saturated rings. The highest BCUT2D eigenvalue weighted by atomic mass is 16.5. The van der Waals surface area contributed by atoms with Crippen molar-refractivity contribution in [3.63, 3.8) is 0 Å². The summed E-state index contributed by atoms with van der Waals surface area (Å²) in [6.45, 7) is 4.34. The molecule has 9 nitrogen and oxygen atoms in total. The number of rotatable bonds is 11. The summed E-state index contributed by atoms with van der Waals surface area (Å²) in [6.07, 6.45) is 8.66. The number of unbranched alkanes of at least 4 members (excludes halogenated alkanes) is 1. The highest BCUT2D eigenvalue weighted by molar-refractivity contribution is 6.05. The minimum Gasteiger partial charge on any atom is -0.488 e. The maximum atomic E-state index is 13.0. The van der Waals surface area contributed by atoms with E-state index >= 15 is 0 Å². The van der Waals surface area contributed by atoms with Gasteiger partial charge >= 0.3 is 0 Å². The van der Waals surface area contributed by atoms with Crippen molar-refractivity contribution in [1.82, 2.24) is 19.6 Å². The van der Waals surface area contributed by atoms with Crippen LogP contribution >= 0.6 is 0 Å². The predicted octanol–water partition coefficient (Wildman–Crippen LogP) is 3.42. The second-order valence-electron chi connectivity index (χ2n) is 9.58. The lowest BCUT2D eigenvalue weighted by molar-refractivity contribution is -0.136. The summed E-state index contributed by atoms with van der Waals surface area (Å²) in [4.78, 5) is 43.1. The number of nitrogens with one attached hydrogen (secondary N) is 1. The molecule has 5 rings (SSSR count). The lowest BCUT2D eigenvalue weighted by Gasteiger charge is -2.29. The summed E-state index contributed by atoms with van der Waals surface area (Å²) in [6, 6.07) is 8.72. The molecule has 1 N–H and O–H groups in total. The average molecular weight is 505 g/mol. The molecule has 2 aliphatic rings. The number of aryl methyl sites for hydroxylation is 1. The molecule has 2 aliphatic heterocycles. The van der Waals surface area contributed by atoms with Crippen molar-refractivity contribution in [2.75, 3.05) is 13.2 Å². The SMILES string of the molecule is CCCOCCCCc1cn2cc(COc3cccc4c3CN(C3CCC(=O)NC3=O)C4=O)ccc2n1. The van der Waals surface area contributed by atoms with Crippen LogP contribution in [0.15, 0.2) is 42.7 Å². The first kappa shape index (κ1) is 25.0. The average Bonchev–Trinajstić information content (AvgIpc) is 3.45. The number of carbonyl (C=O) groups excluding carboxylic acids is 3. The third-order valence-electron chi connectivity index (χ3n) is 6.82. The van der Waals surface area contributed by atoms with E-state index in [0.29, 0.717) is 24.3 Å². The van der Waals surface area contributed by atoms with Gasteiger partial charge in [0.05, 0.1) is 12.2 Å². The third kappa shape index (κ3) is 5.51. The molecule has 1 unspecified atom stereocenters. The number of hydrogen-bond donors (Lipinski definition) is 1. The quantitative estimate of drug-likeness (QED) is 0.317. The zero-order valence-electron chi connectivity index (χ0n) is 21.1. The number of imidazole rings is 1. The van der Waals surface area contributed by atoms with Gasteiger partial charge in [-0.3, -0.25) is 19.7 Å². The van der Waals surface area contributed by atoms with Crippen LogP contribution in [0.3, 0.4) is 0 Å². The summed E-state index contributed by atoms with van der Waals surface area (Å²) < 4.78 is 13.7. The molecule has 2 aromatic heterocycles. The fourth-order valence-electron chi connectivity index (χ4n) is 4.91. The molecule has 1 saturated heterocycles. The van der Waals surface area contributed by atoms with Crippen molar-refractivity contribution in [1.29, 1.82) is 0 Å². The summed E-state index contributed by atoms with van der Waals surface area (Å²) in [7, 11) is 0. The molecule has 0 bridgehead atoms. The van der Waals surface area contributed by atoms with Gasteiger partial charge in [0.15, 0.2) is 0 Å². The molecule has 3 amide bonds. The molecule has 0 saturated carbocycles. The van der Waals surface area contributed by atoms with Crippen LogP contribution in [0.1, 0.15) is 66.2 Å². The number of ether oxygens (including phenoxy) is 2. The zero-order valence-corrected chi connectivity index (χ0v) is 21.1. The smallest absolute Gasteiger partial charge is 0.255 e. The van der Waals surface area contributed by atoms with Crippen LogP contribution < -0.4 is 10.1 Å². The lowest BCUT2D eigenvalue weighted by atomic mass is 10.0. The Hall–Kier alpha value is -3.72.